The van der Waals surface area contributed by atoms with Crippen LogP contribution in [-0.4, -0.2) is 14.5 Å². The molecule has 3 aromatic rings. The second-order valence-electron chi connectivity index (χ2n) is 6.78. The first-order chi connectivity index (χ1) is 12.7. The second-order valence-corrected chi connectivity index (χ2v) is 8.81. The van der Waals surface area contributed by atoms with E-state index in [0.717, 1.165) is 46.0 Å². The van der Waals surface area contributed by atoms with E-state index in [1.807, 2.05) is 18.3 Å². The van der Waals surface area contributed by atoms with E-state index in [1.54, 1.807) is 39.9 Å². The van der Waals surface area contributed by atoms with Crippen LogP contribution in [0.1, 0.15) is 29.3 Å². The zero-order valence-corrected chi connectivity index (χ0v) is 16.4. The molecule has 4 nitrogen and oxygen atoms in total. The standard InChI is InChI=1S/C20H21N3OS2/c1-3-9-23-19(24)17-15-7-6-13(2)10-16(15)26-18(17)22-20(23)25-12-14-5-4-8-21-11-14/h3-5,8,11,13H,1,6-7,9-10,12H2,2H3. The third kappa shape index (κ3) is 3.23. The summed E-state index contributed by atoms with van der Waals surface area (Å²) in [6.07, 6.45) is 8.59. The lowest BCUT2D eigenvalue weighted by atomic mass is 9.89. The van der Waals surface area contributed by atoms with Gasteiger partial charge in [0.25, 0.3) is 5.56 Å². The van der Waals surface area contributed by atoms with E-state index < -0.39 is 0 Å². The molecule has 0 amide bonds. The number of nitrogens with zero attached hydrogens (tertiary/aromatic N) is 3. The Balaban J connectivity index is 1.78. The quantitative estimate of drug-likeness (QED) is 0.371. The summed E-state index contributed by atoms with van der Waals surface area (Å²) in [5.74, 6) is 1.43. The Morgan fingerprint density at radius 2 is 2.38 bits per heavy atom. The summed E-state index contributed by atoms with van der Waals surface area (Å²) >= 11 is 3.29. The van der Waals surface area contributed by atoms with Crippen molar-refractivity contribution in [3.63, 3.8) is 0 Å². The fourth-order valence-electron chi connectivity index (χ4n) is 3.44. The summed E-state index contributed by atoms with van der Waals surface area (Å²) < 4.78 is 1.77. The number of rotatable bonds is 5. The molecule has 1 aliphatic carbocycles. The van der Waals surface area contributed by atoms with Crippen molar-refractivity contribution in [1.29, 1.82) is 0 Å². The first-order valence-electron chi connectivity index (χ1n) is 8.85. The SMILES string of the molecule is C=CCn1c(SCc2cccnc2)nc2sc3c(c2c1=O)CCC(C)C3. The summed E-state index contributed by atoms with van der Waals surface area (Å²) in [5, 5.41) is 1.60. The van der Waals surface area contributed by atoms with Gasteiger partial charge in [0.1, 0.15) is 4.83 Å². The maximum Gasteiger partial charge on any atom is 0.263 e. The van der Waals surface area contributed by atoms with Gasteiger partial charge in [0.15, 0.2) is 5.16 Å². The minimum absolute atomic E-state index is 0.0793. The molecule has 0 fully saturated rings. The van der Waals surface area contributed by atoms with Crippen molar-refractivity contribution in [1.82, 2.24) is 14.5 Å². The van der Waals surface area contributed by atoms with Crippen LogP contribution >= 0.6 is 23.1 Å². The van der Waals surface area contributed by atoms with E-state index in [-0.39, 0.29) is 5.56 Å². The fraction of sp³-hybridized carbons (Fsp3) is 0.350. The third-order valence-electron chi connectivity index (χ3n) is 4.78. The lowest BCUT2D eigenvalue weighted by molar-refractivity contribution is 0.509. The van der Waals surface area contributed by atoms with Gasteiger partial charge in [-0.3, -0.25) is 14.3 Å². The Morgan fingerprint density at radius 1 is 1.50 bits per heavy atom. The molecule has 0 saturated heterocycles. The van der Waals surface area contributed by atoms with Gasteiger partial charge in [0, 0.05) is 29.6 Å². The van der Waals surface area contributed by atoms with Crippen LogP contribution in [0.5, 0.6) is 0 Å². The molecule has 0 radical (unpaired) electrons. The molecule has 0 aliphatic heterocycles. The summed E-state index contributed by atoms with van der Waals surface area (Å²) in [4.78, 5) is 24.5. The summed E-state index contributed by atoms with van der Waals surface area (Å²) in [6, 6.07) is 3.97. The predicted molar refractivity (Wildman–Crippen MR) is 109 cm³/mol. The number of fused-ring (bicyclic) bond motifs is 3. The highest BCUT2D eigenvalue weighted by atomic mass is 32.2. The number of hydrogen-bond donors (Lipinski definition) is 0. The minimum atomic E-state index is 0.0793. The molecule has 0 saturated carbocycles. The first-order valence-corrected chi connectivity index (χ1v) is 10.6. The topological polar surface area (TPSA) is 47.8 Å². The maximum absolute atomic E-state index is 13.2. The zero-order valence-electron chi connectivity index (χ0n) is 14.8. The number of allylic oxidation sites excluding steroid dienone is 1. The number of aryl methyl sites for hydroxylation is 1. The van der Waals surface area contributed by atoms with Gasteiger partial charge in [-0.05, 0) is 42.4 Å². The average Bonchev–Trinajstić information content (AvgIpc) is 3.01. The monoisotopic (exact) mass is 383 g/mol. The smallest absolute Gasteiger partial charge is 0.263 e. The molecule has 26 heavy (non-hydrogen) atoms. The predicted octanol–water partition coefficient (Wildman–Crippen LogP) is 4.46. The molecule has 134 valence electrons. The highest BCUT2D eigenvalue weighted by molar-refractivity contribution is 7.98. The Labute approximate surface area is 161 Å². The van der Waals surface area contributed by atoms with Crippen LogP contribution in [0.25, 0.3) is 10.2 Å². The minimum Gasteiger partial charge on any atom is -0.283 e. The number of aromatic nitrogens is 3. The van der Waals surface area contributed by atoms with E-state index >= 15 is 0 Å². The number of thiophene rings is 1. The van der Waals surface area contributed by atoms with Crippen LogP contribution in [0.15, 0.2) is 47.1 Å². The van der Waals surface area contributed by atoms with Crippen molar-refractivity contribution in [3.05, 3.63) is 63.5 Å². The van der Waals surface area contributed by atoms with Gasteiger partial charge in [-0.1, -0.05) is 30.8 Å². The summed E-state index contributed by atoms with van der Waals surface area (Å²) in [5.41, 5.74) is 2.44. The van der Waals surface area contributed by atoms with Crippen molar-refractivity contribution in [2.45, 2.75) is 43.6 Å². The molecule has 1 aliphatic rings. The molecule has 1 unspecified atom stereocenters. The van der Waals surface area contributed by atoms with Crippen LogP contribution < -0.4 is 5.56 Å². The Hall–Kier alpha value is -1.92. The van der Waals surface area contributed by atoms with E-state index in [4.69, 9.17) is 4.98 Å². The van der Waals surface area contributed by atoms with Gasteiger partial charge in [0.05, 0.1) is 5.39 Å². The molecule has 3 aromatic heterocycles. The number of hydrogen-bond acceptors (Lipinski definition) is 5. The van der Waals surface area contributed by atoms with Crippen molar-refractivity contribution >= 4 is 33.3 Å². The Bertz CT molecular complexity index is 1010. The van der Waals surface area contributed by atoms with Gasteiger partial charge in [-0.25, -0.2) is 4.98 Å². The van der Waals surface area contributed by atoms with Crippen LogP contribution in [0.4, 0.5) is 0 Å². The van der Waals surface area contributed by atoms with E-state index in [9.17, 15) is 4.79 Å². The van der Waals surface area contributed by atoms with Gasteiger partial charge in [-0.15, -0.1) is 17.9 Å². The molecule has 0 spiro atoms. The molecular weight excluding hydrogens is 362 g/mol. The molecule has 0 bridgehead atoms. The van der Waals surface area contributed by atoms with Gasteiger partial charge < -0.3 is 0 Å². The lowest BCUT2D eigenvalue weighted by Gasteiger charge is -2.17. The molecular formula is C20H21N3OS2. The average molecular weight is 384 g/mol. The largest absolute Gasteiger partial charge is 0.283 e. The van der Waals surface area contributed by atoms with Gasteiger partial charge in [0.2, 0.25) is 0 Å². The highest BCUT2D eigenvalue weighted by Gasteiger charge is 2.24. The molecule has 6 heteroatoms. The molecule has 3 heterocycles. The number of pyridine rings is 1. The van der Waals surface area contributed by atoms with Crippen LogP contribution in [0.2, 0.25) is 0 Å². The van der Waals surface area contributed by atoms with Crippen LogP contribution in [-0.2, 0) is 25.1 Å². The molecule has 1 atom stereocenters. The Morgan fingerprint density at radius 3 is 3.15 bits per heavy atom. The molecule has 0 N–H and O–H groups in total. The van der Waals surface area contributed by atoms with Crippen LogP contribution in [0.3, 0.4) is 0 Å². The molecule has 4 rings (SSSR count). The first kappa shape index (κ1) is 17.5. The normalized spacial score (nSPS) is 16.6. The van der Waals surface area contributed by atoms with E-state index in [2.05, 4.69) is 18.5 Å². The lowest BCUT2D eigenvalue weighted by Crippen LogP contribution is -2.23. The summed E-state index contributed by atoms with van der Waals surface area (Å²) in [7, 11) is 0. The highest BCUT2D eigenvalue weighted by Crippen LogP contribution is 2.36. The number of thioether (sulfide) groups is 1. The van der Waals surface area contributed by atoms with Gasteiger partial charge >= 0.3 is 0 Å². The summed E-state index contributed by atoms with van der Waals surface area (Å²) in [6.45, 7) is 6.59. The third-order valence-corrected chi connectivity index (χ3v) is 6.98. The zero-order chi connectivity index (χ0) is 18.1. The second kappa shape index (κ2) is 7.37. The van der Waals surface area contributed by atoms with Crippen molar-refractivity contribution in [2.75, 3.05) is 0 Å². The van der Waals surface area contributed by atoms with Gasteiger partial charge in [-0.2, -0.15) is 0 Å². The Kier molecular flexibility index (Phi) is 4.96. The molecule has 0 aromatic carbocycles. The van der Waals surface area contributed by atoms with E-state index in [0.29, 0.717) is 12.5 Å². The van der Waals surface area contributed by atoms with E-state index in [1.165, 1.54) is 10.4 Å². The van der Waals surface area contributed by atoms with Crippen LogP contribution in [0, 0.1) is 5.92 Å². The van der Waals surface area contributed by atoms with Crippen molar-refractivity contribution in [2.24, 2.45) is 5.92 Å². The van der Waals surface area contributed by atoms with Crippen molar-refractivity contribution < 1.29 is 0 Å². The van der Waals surface area contributed by atoms with Crippen molar-refractivity contribution in [3.8, 4) is 0 Å². The fourth-order valence-corrected chi connectivity index (χ4v) is 5.80. The maximum atomic E-state index is 13.2.